The van der Waals surface area contributed by atoms with Crippen molar-refractivity contribution < 1.29 is 9.18 Å². The van der Waals surface area contributed by atoms with Crippen LogP contribution >= 0.6 is 0 Å². The Labute approximate surface area is 178 Å². The summed E-state index contributed by atoms with van der Waals surface area (Å²) >= 11 is 0. The maximum absolute atomic E-state index is 13.5. The van der Waals surface area contributed by atoms with Crippen LogP contribution in [0.2, 0.25) is 0 Å². The lowest BCUT2D eigenvalue weighted by Gasteiger charge is -2.23. The van der Waals surface area contributed by atoms with Crippen LogP contribution in [0.15, 0.2) is 48.5 Å². The Kier molecular flexibility index (Phi) is 6.80. The van der Waals surface area contributed by atoms with Crippen molar-refractivity contribution in [1.82, 2.24) is 16.0 Å². The van der Waals surface area contributed by atoms with Crippen molar-refractivity contribution in [3.05, 3.63) is 71.0 Å². The Balaban J connectivity index is 1.30. The highest BCUT2D eigenvalue weighted by atomic mass is 19.1. The fourth-order valence-corrected chi connectivity index (χ4v) is 4.80. The minimum absolute atomic E-state index is 0.0309. The Morgan fingerprint density at radius 3 is 2.53 bits per heavy atom. The molecule has 0 spiro atoms. The third kappa shape index (κ3) is 5.27. The van der Waals surface area contributed by atoms with E-state index in [1.54, 1.807) is 12.1 Å². The predicted octanol–water partition coefficient (Wildman–Crippen LogP) is 4.29. The van der Waals surface area contributed by atoms with Gasteiger partial charge in [-0.3, -0.25) is 4.79 Å². The van der Waals surface area contributed by atoms with Crippen LogP contribution < -0.4 is 16.0 Å². The van der Waals surface area contributed by atoms with Crippen LogP contribution in [-0.2, 0) is 0 Å². The van der Waals surface area contributed by atoms with Crippen LogP contribution in [0.5, 0.6) is 0 Å². The minimum atomic E-state index is -0.185. The van der Waals surface area contributed by atoms with Crippen molar-refractivity contribution in [3.63, 3.8) is 0 Å². The monoisotopic (exact) mass is 409 g/mol. The Morgan fingerprint density at radius 2 is 1.80 bits per heavy atom. The lowest BCUT2D eigenvalue weighted by molar-refractivity contribution is 0.0929. The lowest BCUT2D eigenvalue weighted by Crippen LogP contribution is -2.42. The smallest absolute Gasteiger partial charge is 0.251 e. The van der Waals surface area contributed by atoms with Crippen LogP contribution in [0.1, 0.15) is 72.5 Å². The number of piperidine rings is 1. The van der Waals surface area contributed by atoms with Crippen molar-refractivity contribution in [2.24, 2.45) is 0 Å². The Bertz CT molecular complexity index is 848. The molecule has 0 radical (unpaired) electrons. The summed E-state index contributed by atoms with van der Waals surface area (Å²) in [6.45, 7) is 4.04. The van der Waals surface area contributed by atoms with Crippen molar-refractivity contribution in [2.75, 3.05) is 13.1 Å². The molecule has 4 rings (SSSR count). The normalized spacial score (nSPS) is 23.3. The SMILES string of the molecule is CC(NC1CCC(c2ccc(C(=O)NC3CCNCC3)cc2)C1)c1cccc(F)c1. The molecule has 4 nitrogen and oxygen atoms in total. The van der Waals surface area contributed by atoms with E-state index >= 15 is 0 Å². The van der Waals surface area contributed by atoms with Crippen molar-refractivity contribution in [2.45, 2.75) is 63.1 Å². The van der Waals surface area contributed by atoms with E-state index in [1.807, 2.05) is 18.2 Å². The summed E-state index contributed by atoms with van der Waals surface area (Å²) in [7, 11) is 0. The first-order valence-electron chi connectivity index (χ1n) is 11.2. The summed E-state index contributed by atoms with van der Waals surface area (Å²) in [6.07, 6.45) is 5.30. The van der Waals surface area contributed by atoms with Crippen molar-refractivity contribution >= 4 is 5.91 Å². The summed E-state index contributed by atoms with van der Waals surface area (Å²) < 4.78 is 13.5. The first-order chi connectivity index (χ1) is 14.6. The number of amides is 1. The Morgan fingerprint density at radius 1 is 1.03 bits per heavy atom. The van der Waals surface area contributed by atoms with Gasteiger partial charge in [-0.25, -0.2) is 4.39 Å². The second-order valence-electron chi connectivity index (χ2n) is 8.77. The molecule has 2 aromatic carbocycles. The van der Waals surface area contributed by atoms with Gasteiger partial charge in [-0.15, -0.1) is 0 Å². The predicted molar refractivity (Wildman–Crippen MR) is 118 cm³/mol. The number of nitrogens with one attached hydrogen (secondary N) is 3. The van der Waals surface area contributed by atoms with Crippen LogP contribution in [0, 0.1) is 5.82 Å². The zero-order chi connectivity index (χ0) is 20.9. The van der Waals surface area contributed by atoms with E-state index in [1.165, 1.54) is 11.6 Å². The molecule has 1 aliphatic heterocycles. The van der Waals surface area contributed by atoms with Gasteiger partial charge in [0.25, 0.3) is 5.91 Å². The standard InChI is InChI=1S/C25H32FN3O/c1-17(20-3-2-4-22(26)15-20)28-24-10-9-21(16-24)18-5-7-19(8-6-18)25(30)29-23-11-13-27-14-12-23/h2-8,15,17,21,23-24,27-28H,9-14,16H2,1H3,(H,29,30). The molecule has 0 bridgehead atoms. The molecule has 1 saturated heterocycles. The maximum Gasteiger partial charge on any atom is 0.251 e. The second-order valence-corrected chi connectivity index (χ2v) is 8.77. The molecule has 2 aromatic rings. The van der Waals surface area contributed by atoms with Crippen LogP contribution in [0.4, 0.5) is 4.39 Å². The van der Waals surface area contributed by atoms with Crippen LogP contribution in [0.25, 0.3) is 0 Å². The van der Waals surface area contributed by atoms with Crippen molar-refractivity contribution in [1.29, 1.82) is 0 Å². The van der Waals surface area contributed by atoms with E-state index in [4.69, 9.17) is 0 Å². The van der Waals surface area contributed by atoms with E-state index in [2.05, 4.69) is 35.0 Å². The molecule has 1 aliphatic carbocycles. The summed E-state index contributed by atoms with van der Waals surface area (Å²) in [4.78, 5) is 12.5. The van der Waals surface area contributed by atoms with Gasteiger partial charge in [0.2, 0.25) is 0 Å². The first kappa shape index (κ1) is 21.0. The number of carbonyl (C=O) groups is 1. The molecule has 3 atom stereocenters. The summed E-state index contributed by atoms with van der Waals surface area (Å²) in [5, 5.41) is 10.1. The molecule has 2 fully saturated rings. The zero-order valence-corrected chi connectivity index (χ0v) is 17.7. The highest BCUT2D eigenvalue weighted by molar-refractivity contribution is 5.94. The van der Waals surface area contributed by atoms with E-state index in [-0.39, 0.29) is 23.8 Å². The number of benzene rings is 2. The molecule has 3 unspecified atom stereocenters. The van der Waals surface area contributed by atoms with E-state index in [9.17, 15) is 9.18 Å². The van der Waals surface area contributed by atoms with E-state index in [0.717, 1.165) is 56.3 Å². The van der Waals surface area contributed by atoms with Gasteiger partial charge in [-0.2, -0.15) is 0 Å². The molecule has 0 aromatic heterocycles. The molecule has 1 amide bonds. The topological polar surface area (TPSA) is 53.2 Å². The Hall–Kier alpha value is -2.24. The summed E-state index contributed by atoms with van der Waals surface area (Å²) in [5.41, 5.74) is 3.03. The number of hydrogen-bond donors (Lipinski definition) is 3. The quantitative estimate of drug-likeness (QED) is 0.667. The number of hydrogen-bond acceptors (Lipinski definition) is 3. The third-order valence-electron chi connectivity index (χ3n) is 6.59. The number of rotatable bonds is 6. The highest BCUT2D eigenvalue weighted by Crippen LogP contribution is 2.35. The van der Waals surface area contributed by atoms with Gasteiger partial charge < -0.3 is 16.0 Å². The molecule has 1 saturated carbocycles. The van der Waals surface area contributed by atoms with Crippen LogP contribution in [0.3, 0.4) is 0 Å². The third-order valence-corrected chi connectivity index (χ3v) is 6.59. The highest BCUT2D eigenvalue weighted by Gasteiger charge is 2.27. The molecular formula is C25H32FN3O. The van der Waals surface area contributed by atoms with Crippen molar-refractivity contribution in [3.8, 4) is 0 Å². The van der Waals surface area contributed by atoms with Gasteiger partial charge in [-0.05, 0) is 93.4 Å². The molecule has 2 aliphatic rings. The van der Waals surface area contributed by atoms with Gasteiger partial charge in [0.15, 0.2) is 0 Å². The second kappa shape index (κ2) is 9.71. The molecule has 5 heteroatoms. The van der Waals surface area contributed by atoms with Crippen LogP contribution in [-0.4, -0.2) is 31.1 Å². The van der Waals surface area contributed by atoms with E-state index in [0.29, 0.717) is 12.0 Å². The van der Waals surface area contributed by atoms with E-state index < -0.39 is 0 Å². The van der Waals surface area contributed by atoms with Gasteiger partial charge in [0, 0.05) is 23.7 Å². The average molecular weight is 410 g/mol. The molecule has 160 valence electrons. The first-order valence-corrected chi connectivity index (χ1v) is 11.2. The maximum atomic E-state index is 13.5. The molecule has 3 N–H and O–H groups in total. The average Bonchev–Trinajstić information content (AvgIpc) is 3.23. The zero-order valence-electron chi connectivity index (χ0n) is 17.7. The summed E-state index contributed by atoms with van der Waals surface area (Å²) in [5.74, 6) is 0.349. The molecular weight excluding hydrogens is 377 g/mol. The molecule has 30 heavy (non-hydrogen) atoms. The fourth-order valence-electron chi connectivity index (χ4n) is 4.80. The molecule has 1 heterocycles. The van der Waals surface area contributed by atoms with Gasteiger partial charge in [0.05, 0.1) is 0 Å². The number of halogens is 1. The lowest BCUT2D eigenvalue weighted by atomic mass is 9.96. The fraction of sp³-hybridized carbons (Fsp3) is 0.480. The van der Waals surface area contributed by atoms with Gasteiger partial charge >= 0.3 is 0 Å². The minimum Gasteiger partial charge on any atom is -0.349 e. The number of carbonyl (C=O) groups excluding carboxylic acids is 1. The summed E-state index contributed by atoms with van der Waals surface area (Å²) in [6, 6.07) is 15.8. The largest absolute Gasteiger partial charge is 0.349 e. The van der Waals surface area contributed by atoms with Gasteiger partial charge in [0.1, 0.15) is 5.82 Å². The van der Waals surface area contributed by atoms with Gasteiger partial charge in [-0.1, -0.05) is 24.3 Å².